The van der Waals surface area contributed by atoms with Crippen molar-refractivity contribution in [1.82, 2.24) is 10.3 Å². The van der Waals surface area contributed by atoms with Gasteiger partial charge < -0.3 is 10.1 Å². The number of ether oxygens (including phenoxy) is 1. The van der Waals surface area contributed by atoms with Gasteiger partial charge in [0.05, 0.1) is 12.2 Å². The second-order valence-electron chi connectivity index (χ2n) is 3.29. The molecule has 1 rings (SSSR count). The molecule has 0 radical (unpaired) electrons. The molecular weight excluding hydrogens is 288 g/mol. The summed E-state index contributed by atoms with van der Waals surface area (Å²) in [6, 6.07) is 2.58. The lowest BCUT2D eigenvalue weighted by atomic mass is 10.2. The van der Waals surface area contributed by atoms with Gasteiger partial charge >= 0.3 is 5.97 Å². The smallest absolute Gasteiger partial charge is 0.328 e. The quantitative estimate of drug-likeness (QED) is 0.676. The van der Waals surface area contributed by atoms with Crippen molar-refractivity contribution in [2.24, 2.45) is 0 Å². The lowest BCUT2D eigenvalue weighted by Gasteiger charge is -2.12. The summed E-state index contributed by atoms with van der Waals surface area (Å²) < 4.78 is 5.23. The first-order chi connectivity index (χ1) is 8.06. The zero-order valence-electron chi connectivity index (χ0n) is 9.57. The Morgan fingerprint density at radius 1 is 1.59 bits per heavy atom. The van der Waals surface area contributed by atoms with Gasteiger partial charge in [0.25, 0.3) is 5.91 Å². The van der Waals surface area contributed by atoms with E-state index in [2.05, 4.69) is 26.2 Å². The molecule has 0 aliphatic carbocycles. The largest absolute Gasteiger partial charge is 0.464 e. The SMILES string of the molecule is CCOC(=O)C(C)NC(=O)c1cccnc1Br. The summed E-state index contributed by atoms with van der Waals surface area (Å²) in [5.41, 5.74) is 0.378. The van der Waals surface area contributed by atoms with Crippen molar-refractivity contribution < 1.29 is 14.3 Å². The molecule has 17 heavy (non-hydrogen) atoms. The number of nitrogens with one attached hydrogen (secondary N) is 1. The maximum atomic E-state index is 11.8. The van der Waals surface area contributed by atoms with Crippen LogP contribution in [-0.2, 0) is 9.53 Å². The third-order valence-corrected chi connectivity index (χ3v) is 2.62. The lowest BCUT2D eigenvalue weighted by molar-refractivity contribution is -0.144. The van der Waals surface area contributed by atoms with Crippen molar-refractivity contribution in [3.8, 4) is 0 Å². The molecule has 5 nitrogen and oxygen atoms in total. The number of esters is 1. The van der Waals surface area contributed by atoms with Crippen LogP contribution >= 0.6 is 15.9 Å². The Morgan fingerprint density at radius 2 is 2.29 bits per heavy atom. The molecular formula is C11H13BrN2O3. The van der Waals surface area contributed by atoms with E-state index in [1.807, 2.05) is 0 Å². The van der Waals surface area contributed by atoms with Crippen LogP contribution in [0.5, 0.6) is 0 Å². The topological polar surface area (TPSA) is 68.3 Å². The number of carbonyl (C=O) groups excluding carboxylic acids is 2. The van der Waals surface area contributed by atoms with Crippen LogP contribution in [0, 0.1) is 0 Å². The summed E-state index contributed by atoms with van der Waals surface area (Å²) in [6.07, 6.45) is 1.57. The highest BCUT2D eigenvalue weighted by atomic mass is 79.9. The predicted octanol–water partition coefficient (Wildman–Crippen LogP) is 1.53. The molecule has 1 atom stereocenters. The Morgan fingerprint density at radius 3 is 2.88 bits per heavy atom. The Balaban J connectivity index is 2.67. The minimum atomic E-state index is -0.686. The van der Waals surface area contributed by atoms with Crippen LogP contribution in [-0.4, -0.2) is 29.5 Å². The van der Waals surface area contributed by atoms with Gasteiger partial charge in [-0.25, -0.2) is 9.78 Å². The molecule has 1 N–H and O–H groups in total. The molecule has 0 fully saturated rings. The van der Waals surface area contributed by atoms with E-state index in [0.29, 0.717) is 10.2 Å². The van der Waals surface area contributed by atoms with E-state index in [1.54, 1.807) is 32.2 Å². The molecule has 0 bridgehead atoms. The standard InChI is InChI=1S/C11H13BrN2O3/c1-3-17-11(16)7(2)14-10(15)8-5-4-6-13-9(8)12/h4-7H,3H2,1-2H3,(H,14,15). The van der Waals surface area contributed by atoms with E-state index in [-0.39, 0.29) is 12.5 Å². The third-order valence-electron chi connectivity index (χ3n) is 1.99. The number of halogens is 1. The zero-order valence-corrected chi connectivity index (χ0v) is 11.2. The minimum absolute atomic E-state index is 0.287. The molecule has 6 heteroatoms. The molecule has 1 unspecified atom stereocenters. The highest BCUT2D eigenvalue weighted by molar-refractivity contribution is 9.10. The first-order valence-electron chi connectivity index (χ1n) is 5.14. The van der Waals surface area contributed by atoms with Gasteiger partial charge in [-0.2, -0.15) is 0 Å². The molecule has 1 amide bonds. The van der Waals surface area contributed by atoms with E-state index in [4.69, 9.17) is 4.74 Å². The Labute approximate surface area is 108 Å². The van der Waals surface area contributed by atoms with Crippen molar-refractivity contribution >= 4 is 27.8 Å². The van der Waals surface area contributed by atoms with Gasteiger partial charge in [0, 0.05) is 6.20 Å². The third kappa shape index (κ3) is 3.81. The van der Waals surface area contributed by atoms with Crippen molar-refractivity contribution in [2.45, 2.75) is 19.9 Å². The fourth-order valence-electron chi connectivity index (χ4n) is 1.16. The molecule has 0 saturated heterocycles. The van der Waals surface area contributed by atoms with Gasteiger partial charge in [0.2, 0.25) is 0 Å². The van der Waals surface area contributed by atoms with Crippen molar-refractivity contribution in [3.05, 3.63) is 28.5 Å². The van der Waals surface area contributed by atoms with Crippen LogP contribution in [0.1, 0.15) is 24.2 Å². The maximum absolute atomic E-state index is 11.8. The molecule has 0 saturated carbocycles. The number of nitrogens with zero attached hydrogens (tertiary/aromatic N) is 1. The van der Waals surface area contributed by atoms with Crippen molar-refractivity contribution in [3.63, 3.8) is 0 Å². The first kappa shape index (κ1) is 13.6. The predicted molar refractivity (Wildman–Crippen MR) is 65.5 cm³/mol. The molecule has 1 aromatic rings. The van der Waals surface area contributed by atoms with Crippen LogP contribution in [0.3, 0.4) is 0 Å². The Kier molecular flexibility index (Phi) is 5.09. The number of amides is 1. The van der Waals surface area contributed by atoms with E-state index >= 15 is 0 Å². The lowest BCUT2D eigenvalue weighted by Crippen LogP contribution is -2.39. The summed E-state index contributed by atoms with van der Waals surface area (Å²) in [7, 11) is 0. The second kappa shape index (κ2) is 6.34. The first-order valence-corrected chi connectivity index (χ1v) is 5.93. The van der Waals surface area contributed by atoms with Crippen molar-refractivity contribution in [2.75, 3.05) is 6.61 Å². The van der Waals surface area contributed by atoms with Crippen LogP contribution in [0.2, 0.25) is 0 Å². The highest BCUT2D eigenvalue weighted by Crippen LogP contribution is 2.12. The molecule has 1 aromatic heterocycles. The summed E-state index contributed by atoms with van der Waals surface area (Å²) >= 11 is 3.17. The minimum Gasteiger partial charge on any atom is -0.464 e. The number of aromatic nitrogens is 1. The average Bonchev–Trinajstić information content (AvgIpc) is 2.29. The molecule has 1 heterocycles. The van der Waals surface area contributed by atoms with E-state index in [9.17, 15) is 9.59 Å². The van der Waals surface area contributed by atoms with Gasteiger partial charge in [-0.05, 0) is 41.9 Å². The number of hydrogen-bond donors (Lipinski definition) is 1. The summed E-state index contributed by atoms with van der Waals surface area (Å²) in [5, 5.41) is 2.54. The molecule has 0 spiro atoms. The maximum Gasteiger partial charge on any atom is 0.328 e. The normalized spacial score (nSPS) is 11.7. The Bertz CT molecular complexity index is 423. The molecule has 0 aliphatic rings. The van der Waals surface area contributed by atoms with E-state index < -0.39 is 12.0 Å². The van der Waals surface area contributed by atoms with Crippen molar-refractivity contribution in [1.29, 1.82) is 0 Å². The number of hydrogen-bond acceptors (Lipinski definition) is 4. The van der Waals surface area contributed by atoms with Crippen LogP contribution < -0.4 is 5.32 Å². The monoisotopic (exact) mass is 300 g/mol. The van der Waals surface area contributed by atoms with Gasteiger partial charge in [-0.3, -0.25) is 4.79 Å². The fraction of sp³-hybridized carbons (Fsp3) is 0.364. The second-order valence-corrected chi connectivity index (χ2v) is 4.04. The van der Waals surface area contributed by atoms with Crippen LogP contribution in [0.4, 0.5) is 0 Å². The fourth-order valence-corrected chi connectivity index (χ4v) is 1.59. The van der Waals surface area contributed by atoms with Crippen LogP contribution in [0.25, 0.3) is 0 Å². The van der Waals surface area contributed by atoms with Gasteiger partial charge in [-0.1, -0.05) is 0 Å². The summed E-state index contributed by atoms with van der Waals surface area (Å²) in [4.78, 5) is 27.1. The van der Waals surface area contributed by atoms with E-state index in [1.165, 1.54) is 0 Å². The number of pyridine rings is 1. The average molecular weight is 301 g/mol. The van der Waals surface area contributed by atoms with Gasteiger partial charge in [0.15, 0.2) is 0 Å². The molecule has 0 aromatic carbocycles. The van der Waals surface area contributed by atoms with Gasteiger partial charge in [0.1, 0.15) is 10.6 Å². The summed E-state index contributed by atoms with van der Waals surface area (Å²) in [5.74, 6) is -0.827. The summed E-state index contributed by atoms with van der Waals surface area (Å²) in [6.45, 7) is 3.57. The molecule has 0 aliphatic heterocycles. The zero-order chi connectivity index (χ0) is 12.8. The van der Waals surface area contributed by atoms with Crippen LogP contribution in [0.15, 0.2) is 22.9 Å². The van der Waals surface area contributed by atoms with E-state index in [0.717, 1.165) is 0 Å². The van der Waals surface area contributed by atoms with Gasteiger partial charge in [-0.15, -0.1) is 0 Å². The Hall–Kier alpha value is -1.43. The number of carbonyl (C=O) groups is 2. The molecule has 92 valence electrons. The highest BCUT2D eigenvalue weighted by Gasteiger charge is 2.18. The number of rotatable bonds is 4.